The molecule has 0 saturated carbocycles. The number of benzene rings is 1. The second-order valence-corrected chi connectivity index (χ2v) is 6.19. The van der Waals surface area contributed by atoms with Crippen LogP contribution in [-0.2, 0) is 13.0 Å². The van der Waals surface area contributed by atoms with Crippen LogP contribution in [0.25, 0.3) is 0 Å². The maximum absolute atomic E-state index is 12.2. The number of urea groups is 1. The van der Waals surface area contributed by atoms with Gasteiger partial charge in [0.25, 0.3) is 0 Å². The summed E-state index contributed by atoms with van der Waals surface area (Å²) in [4.78, 5) is 15.0. The molecule has 3 rings (SSSR count). The summed E-state index contributed by atoms with van der Waals surface area (Å²) in [6, 6.07) is 11.8. The average Bonchev–Trinajstić information content (AvgIpc) is 3.02. The van der Waals surface area contributed by atoms with Crippen LogP contribution < -0.4 is 10.2 Å². The Morgan fingerprint density at radius 1 is 1.32 bits per heavy atom. The van der Waals surface area contributed by atoms with E-state index in [2.05, 4.69) is 11.4 Å². The third-order valence-corrected chi connectivity index (χ3v) is 4.41. The lowest BCUT2D eigenvalue weighted by molar-refractivity contribution is 0.246. The summed E-state index contributed by atoms with van der Waals surface area (Å²) in [5, 5.41) is 2.93. The zero-order valence-corrected chi connectivity index (χ0v) is 11.8. The van der Waals surface area contributed by atoms with E-state index in [4.69, 9.17) is 11.6 Å². The molecule has 0 aliphatic carbocycles. The van der Waals surface area contributed by atoms with E-state index in [1.165, 1.54) is 16.9 Å². The maximum Gasteiger partial charge on any atom is 0.322 e. The van der Waals surface area contributed by atoms with Crippen molar-refractivity contribution < 1.29 is 4.79 Å². The highest BCUT2D eigenvalue weighted by Crippen LogP contribution is 2.27. The van der Waals surface area contributed by atoms with Crippen molar-refractivity contribution in [2.45, 2.75) is 13.0 Å². The van der Waals surface area contributed by atoms with Crippen LogP contribution in [0.2, 0.25) is 4.34 Å². The van der Waals surface area contributed by atoms with Crippen LogP contribution in [0, 0.1) is 0 Å². The number of carbonyl (C=O) groups excluding carboxylic acids is 1. The molecule has 0 saturated heterocycles. The molecule has 0 unspecified atom stereocenters. The number of rotatable bonds is 2. The molecule has 2 amide bonds. The largest absolute Gasteiger partial charge is 0.333 e. The smallest absolute Gasteiger partial charge is 0.322 e. The highest BCUT2D eigenvalue weighted by Gasteiger charge is 2.23. The van der Waals surface area contributed by atoms with Gasteiger partial charge in [-0.05, 0) is 30.2 Å². The van der Waals surface area contributed by atoms with Gasteiger partial charge in [0.2, 0.25) is 0 Å². The van der Waals surface area contributed by atoms with Crippen molar-refractivity contribution in [2.24, 2.45) is 0 Å². The normalized spacial score (nSPS) is 13.4. The molecule has 1 aliphatic heterocycles. The quantitative estimate of drug-likeness (QED) is 0.900. The van der Waals surface area contributed by atoms with Gasteiger partial charge in [-0.25, -0.2) is 4.79 Å². The van der Waals surface area contributed by atoms with E-state index in [0.717, 1.165) is 27.9 Å². The minimum absolute atomic E-state index is 0.0468. The molecule has 0 fully saturated rings. The Balaban J connectivity index is 1.66. The van der Waals surface area contributed by atoms with E-state index in [-0.39, 0.29) is 6.03 Å². The standard InChI is InChI=1S/C14H13ClN2OS/c15-13-6-5-11(19-13)9-16-14(18)17-8-7-10-3-1-2-4-12(10)17/h1-6H,7-9H2,(H,16,18). The van der Waals surface area contributed by atoms with E-state index < -0.39 is 0 Å². The molecule has 3 nitrogen and oxygen atoms in total. The Hall–Kier alpha value is -1.52. The molecule has 1 aliphatic rings. The summed E-state index contributed by atoms with van der Waals surface area (Å²) in [6.07, 6.45) is 0.925. The molecule has 0 spiro atoms. The number of anilines is 1. The minimum atomic E-state index is -0.0468. The van der Waals surface area contributed by atoms with Crippen molar-refractivity contribution in [1.29, 1.82) is 0 Å². The SMILES string of the molecule is O=C(NCc1ccc(Cl)s1)N1CCc2ccccc21. The Morgan fingerprint density at radius 2 is 2.16 bits per heavy atom. The fraction of sp³-hybridized carbons (Fsp3) is 0.214. The second kappa shape index (κ2) is 5.23. The average molecular weight is 293 g/mol. The molecule has 0 bridgehead atoms. The first-order valence-corrected chi connectivity index (χ1v) is 7.31. The highest BCUT2D eigenvalue weighted by molar-refractivity contribution is 7.16. The van der Waals surface area contributed by atoms with Crippen LogP contribution in [0.15, 0.2) is 36.4 Å². The van der Waals surface area contributed by atoms with Crippen LogP contribution in [0.4, 0.5) is 10.5 Å². The van der Waals surface area contributed by atoms with Crippen molar-refractivity contribution in [2.75, 3.05) is 11.4 Å². The van der Waals surface area contributed by atoms with Crippen molar-refractivity contribution in [1.82, 2.24) is 5.32 Å². The van der Waals surface area contributed by atoms with Crippen LogP contribution >= 0.6 is 22.9 Å². The van der Waals surface area contributed by atoms with Crippen LogP contribution in [0.1, 0.15) is 10.4 Å². The van der Waals surface area contributed by atoms with Gasteiger partial charge in [0.1, 0.15) is 0 Å². The van der Waals surface area contributed by atoms with Crippen LogP contribution in [0.3, 0.4) is 0 Å². The molecule has 1 N–H and O–H groups in total. The predicted molar refractivity (Wildman–Crippen MR) is 79.1 cm³/mol. The molecule has 0 radical (unpaired) electrons. The lowest BCUT2D eigenvalue weighted by Gasteiger charge is -2.17. The number of carbonyl (C=O) groups is 1. The van der Waals surface area contributed by atoms with Gasteiger partial charge in [-0.15, -0.1) is 11.3 Å². The molecule has 5 heteroatoms. The van der Waals surface area contributed by atoms with Gasteiger partial charge in [-0.2, -0.15) is 0 Å². The Morgan fingerprint density at radius 3 is 2.95 bits per heavy atom. The summed E-state index contributed by atoms with van der Waals surface area (Å²) >= 11 is 7.36. The van der Waals surface area contributed by atoms with Gasteiger partial charge >= 0.3 is 6.03 Å². The summed E-state index contributed by atoms with van der Waals surface area (Å²) in [7, 11) is 0. The first-order chi connectivity index (χ1) is 9.24. The van der Waals surface area contributed by atoms with Crippen molar-refractivity contribution in [3.63, 3.8) is 0 Å². The lowest BCUT2D eigenvalue weighted by Crippen LogP contribution is -2.38. The van der Waals surface area contributed by atoms with E-state index >= 15 is 0 Å². The third-order valence-electron chi connectivity index (χ3n) is 3.18. The number of fused-ring (bicyclic) bond motifs is 1. The molecule has 98 valence electrons. The van der Waals surface area contributed by atoms with Crippen molar-refractivity contribution in [3.8, 4) is 0 Å². The number of nitrogens with zero attached hydrogens (tertiary/aromatic N) is 1. The molecule has 1 aromatic carbocycles. The summed E-state index contributed by atoms with van der Waals surface area (Å²) in [5.41, 5.74) is 2.25. The topological polar surface area (TPSA) is 32.3 Å². The first kappa shape index (κ1) is 12.5. The maximum atomic E-state index is 12.2. The van der Waals surface area contributed by atoms with Gasteiger partial charge < -0.3 is 5.32 Å². The van der Waals surface area contributed by atoms with Gasteiger partial charge in [-0.3, -0.25) is 4.90 Å². The summed E-state index contributed by atoms with van der Waals surface area (Å²) < 4.78 is 0.746. The molecule has 0 atom stereocenters. The number of amides is 2. The second-order valence-electron chi connectivity index (χ2n) is 4.39. The van der Waals surface area contributed by atoms with Gasteiger partial charge in [-0.1, -0.05) is 29.8 Å². The molecular weight excluding hydrogens is 280 g/mol. The van der Waals surface area contributed by atoms with E-state index in [0.29, 0.717) is 6.54 Å². The zero-order valence-electron chi connectivity index (χ0n) is 10.2. The Kier molecular flexibility index (Phi) is 3.44. The monoisotopic (exact) mass is 292 g/mol. The summed E-state index contributed by atoms with van der Waals surface area (Å²) in [5.74, 6) is 0. The van der Waals surface area contributed by atoms with E-state index in [1.807, 2.05) is 30.3 Å². The predicted octanol–water partition coefficient (Wildman–Crippen LogP) is 3.67. The van der Waals surface area contributed by atoms with Gasteiger partial charge in [0, 0.05) is 17.1 Å². The van der Waals surface area contributed by atoms with E-state index in [1.54, 1.807) is 4.90 Å². The number of hydrogen-bond donors (Lipinski definition) is 1. The minimum Gasteiger partial charge on any atom is -0.333 e. The number of hydrogen-bond acceptors (Lipinski definition) is 2. The van der Waals surface area contributed by atoms with Crippen LogP contribution in [-0.4, -0.2) is 12.6 Å². The first-order valence-electron chi connectivity index (χ1n) is 6.11. The number of thiophene rings is 1. The van der Waals surface area contributed by atoms with Crippen LogP contribution in [0.5, 0.6) is 0 Å². The Bertz CT molecular complexity index is 611. The fourth-order valence-corrected chi connectivity index (χ4v) is 3.28. The summed E-state index contributed by atoms with van der Waals surface area (Å²) in [6.45, 7) is 1.27. The van der Waals surface area contributed by atoms with Gasteiger partial charge in [0.05, 0.1) is 10.9 Å². The molecular formula is C14H13ClN2OS. The molecule has 2 aromatic rings. The van der Waals surface area contributed by atoms with Crippen molar-refractivity contribution >= 4 is 34.7 Å². The molecule has 2 heterocycles. The zero-order chi connectivity index (χ0) is 13.2. The van der Waals surface area contributed by atoms with Gasteiger partial charge in [0.15, 0.2) is 0 Å². The number of nitrogens with one attached hydrogen (secondary N) is 1. The molecule has 1 aromatic heterocycles. The number of halogens is 1. The van der Waals surface area contributed by atoms with Crippen molar-refractivity contribution in [3.05, 3.63) is 51.2 Å². The lowest BCUT2D eigenvalue weighted by atomic mass is 10.2. The highest BCUT2D eigenvalue weighted by atomic mass is 35.5. The third kappa shape index (κ3) is 2.60. The van der Waals surface area contributed by atoms with E-state index in [9.17, 15) is 4.79 Å². The number of para-hydroxylation sites is 1. The Labute approximate surface area is 120 Å². The fourth-order valence-electron chi connectivity index (χ4n) is 2.25. The molecule has 19 heavy (non-hydrogen) atoms.